The minimum absolute atomic E-state index is 0.218. The second-order valence-corrected chi connectivity index (χ2v) is 9.73. The number of nitrogens with zero attached hydrogens (tertiary/aromatic N) is 4. The first-order valence-electron chi connectivity index (χ1n) is 11.0. The van der Waals surface area contributed by atoms with Crippen molar-refractivity contribution in [2.24, 2.45) is 11.8 Å². The summed E-state index contributed by atoms with van der Waals surface area (Å²) in [5, 5.41) is 3.52. The fourth-order valence-electron chi connectivity index (χ4n) is 4.09. The maximum Gasteiger partial charge on any atom is 0.410 e. The molecule has 162 valence electrons. The van der Waals surface area contributed by atoms with E-state index in [0.717, 1.165) is 49.4 Å². The van der Waals surface area contributed by atoms with E-state index in [4.69, 9.17) is 4.74 Å². The highest BCUT2D eigenvalue weighted by molar-refractivity contribution is 5.68. The van der Waals surface area contributed by atoms with Crippen molar-refractivity contribution in [3.63, 3.8) is 0 Å². The molecule has 2 fully saturated rings. The SMILES string of the molecule is CC(C)C1CCN(c2ncc(NC3CCN(C(=O)OC(C)(C)C)CC3)cn2)CC1. The van der Waals surface area contributed by atoms with Gasteiger partial charge < -0.3 is 19.9 Å². The summed E-state index contributed by atoms with van der Waals surface area (Å²) in [7, 11) is 0. The van der Waals surface area contributed by atoms with Gasteiger partial charge in [-0.3, -0.25) is 0 Å². The lowest BCUT2D eigenvalue weighted by Gasteiger charge is -2.34. The number of ether oxygens (including phenoxy) is 1. The summed E-state index contributed by atoms with van der Waals surface area (Å²) in [5.41, 5.74) is 0.497. The van der Waals surface area contributed by atoms with Crippen molar-refractivity contribution >= 4 is 17.7 Å². The lowest BCUT2D eigenvalue weighted by atomic mass is 9.87. The van der Waals surface area contributed by atoms with Crippen LogP contribution in [0.4, 0.5) is 16.4 Å². The van der Waals surface area contributed by atoms with Gasteiger partial charge in [0.2, 0.25) is 5.95 Å². The zero-order valence-electron chi connectivity index (χ0n) is 18.6. The van der Waals surface area contributed by atoms with E-state index in [9.17, 15) is 4.79 Å². The molecule has 7 heteroatoms. The molecule has 7 nitrogen and oxygen atoms in total. The summed E-state index contributed by atoms with van der Waals surface area (Å²) in [6, 6.07) is 0.324. The van der Waals surface area contributed by atoms with E-state index in [0.29, 0.717) is 19.1 Å². The Hall–Kier alpha value is -2.05. The number of hydrogen-bond donors (Lipinski definition) is 1. The predicted octanol–water partition coefficient (Wildman–Crippen LogP) is 4.16. The molecule has 0 spiro atoms. The maximum atomic E-state index is 12.2. The number of carbonyl (C=O) groups is 1. The molecule has 0 radical (unpaired) electrons. The standard InChI is InChI=1S/C22H37N5O2/c1-16(2)17-6-10-26(11-7-17)20-23-14-19(15-24-20)25-18-8-12-27(13-9-18)21(28)29-22(3,4)5/h14-18,25H,6-13H2,1-5H3. The van der Waals surface area contributed by atoms with E-state index in [1.54, 1.807) is 4.90 Å². The second-order valence-electron chi connectivity index (χ2n) is 9.73. The molecule has 0 saturated carbocycles. The fraction of sp³-hybridized carbons (Fsp3) is 0.773. The molecule has 0 aliphatic carbocycles. The monoisotopic (exact) mass is 403 g/mol. The number of piperidine rings is 2. The van der Waals surface area contributed by atoms with Crippen LogP contribution in [-0.2, 0) is 4.74 Å². The van der Waals surface area contributed by atoms with Crippen molar-refractivity contribution in [1.82, 2.24) is 14.9 Å². The highest BCUT2D eigenvalue weighted by atomic mass is 16.6. The second kappa shape index (κ2) is 9.18. The van der Waals surface area contributed by atoms with E-state index in [2.05, 4.69) is 34.0 Å². The number of likely N-dealkylation sites (tertiary alicyclic amines) is 1. The highest BCUT2D eigenvalue weighted by Gasteiger charge is 2.27. The molecule has 3 rings (SSSR count). The Morgan fingerprint density at radius 1 is 1.07 bits per heavy atom. The summed E-state index contributed by atoms with van der Waals surface area (Å²) in [6.07, 6.45) is 7.78. The number of amides is 1. The van der Waals surface area contributed by atoms with E-state index in [1.807, 2.05) is 33.2 Å². The third-order valence-electron chi connectivity index (χ3n) is 5.92. The topological polar surface area (TPSA) is 70.6 Å². The van der Waals surface area contributed by atoms with Gasteiger partial charge in [0.1, 0.15) is 5.60 Å². The van der Waals surface area contributed by atoms with Crippen LogP contribution < -0.4 is 10.2 Å². The summed E-state index contributed by atoms with van der Waals surface area (Å²) >= 11 is 0. The van der Waals surface area contributed by atoms with Gasteiger partial charge in [-0.1, -0.05) is 13.8 Å². The highest BCUT2D eigenvalue weighted by Crippen LogP contribution is 2.26. The predicted molar refractivity (Wildman–Crippen MR) is 116 cm³/mol. The maximum absolute atomic E-state index is 12.2. The van der Waals surface area contributed by atoms with Crippen LogP contribution in [0.25, 0.3) is 0 Å². The number of hydrogen-bond acceptors (Lipinski definition) is 6. The Balaban J connectivity index is 1.45. The van der Waals surface area contributed by atoms with Crippen molar-refractivity contribution in [3.05, 3.63) is 12.4 Å². The Labute approximate surface area is 175 Å². The van der Waals surface area contributed by atoms with Crippen molar-refractivity contribution in [2.45, 2.75) is 71.9 Å². The number of nitrogens with one attached hydrogen (secondary N) is 1. The zero-order chi connectivity index (χ0) is 21.0. The van der Waals surface area contributed by atoms with Gasteiger partial charge in [0.25, 0.3) is 0 Å². The molecule has 2 aliphatic heterocycles. The molecule has 29 heavy (non-hydrogen) atoms. The van der Waals surface area contributed by atoms with Crippen LogP contribution in [0.2, 0.25) is 0 Å². The number of aromatic nitrogens is 2. The molecule has 0 atom stereocenters. The first-order valence-corrected chi connectivity index (χ1v) is 11.0. The largest absolute Gasteiger partial charge is 0.444 e. The van der Waals surface area contributed by atoms with Crippen LogP contribution in [0.1, 0.15) is 60.3 Å². The normalized spacial score (nSPS) is 19.5. The molecule has 0 bridgehead atoms. The molecule has 0 unspecified atom stereocenters. The van der Waals surface area contributed by atoms with Gasteiger partial charge in [-0.25, -0.2) is 14.8 Å². The molecular formula is C22H37N5O2. The Morgan fingerprint density at radius 3 is 2.17 bits per heavy atom. The van der Waals surface area contributed by atoms with Crippen molar-refractivity contribution in [2.75, 3.05) is 36.4 Å². The van der Waals surface area contributed by atoms with Crippen molar-refractivity contribution in [3.8, 4) is 0 Å². The van der Waals surface area contributed by atoms with E-state index in [1.165, 1.54) is 12.8 Å². The molecule has 3 heterocycles. The van der Waals surface area contributed by atoms with Crippen LogP contribution in [0.5, 0.6) is 0 Å². The molecule has 1 aromatic heterocycles. The smallest absolute Gasteiger partial charge is 0.410 e. The molecule has 1 amide bonds. The molecule has 2 aliphatic rings. The zero-order valence-corrected chi connectivity index (χ0v) is 18.6. The summed E-state index contributed by atoms with van der Waals surface area (Å²) in [6.45, 7) is 13.8. The molecule has 1 N–H and O–H groups in total. The van der Waals surface area contributed by atoms with Gasteiger partial charge >= 0.3 is 6.09 Å². The fourth-order valence-corrected chi connectivity index (χ4v) is 4.09. The molecule has 0 aromatic carbocycles. The first kappa shape index (κ1) is 21.7. The Bertz CT molecular complexity index is 655. The van der Waals surface area contributed by atoms with E-state index >= 15 is 0 Å². The van der Waals surface area contributed by atoms with E-state index < -0.39 is 5.60 Å². The molecule has 2 saturated heterocycles. The lowest BCUT2D eigenvalue weighted by molar-refractivity contribution is 0.0210. The minimum atomic E-state index is -0.449. The number of carbonyl (C=O) groups excluding carboxylic acids is 1. The van der Waals surface area contributed by atoms with Crippen LogP contribution >= 0.6 is 0 Å². The number of anilines is 2. The average molecular weight is 404 g/mol. The van der Waals surface area contributed by atoms with Crippen molar-refractivity contribution < 1.29 is 9.53 Å². The third-order valence-corrected chi connectivity index (χ3v) is 5.92. The lowest BCUT2D eigenvalue weighted by Crippen LogP contribution is -2.44. The third kappa shape index (κ3) is 6.21. The van der Waals surface area contributed by atoms with Crippen molar-refractivity contribution in [1.29, 1.82) is 0 Å². The Morgan fingerprint density at radius 2 is 1.66 bits per heavy atom. The van der Waals surface area contributed by atoms with Gasteiger partial charge in [0.05, 0.1) is 18.1 Å². The van der Waals surface area contributed by atoms with Crippen LogP contribution in [0.15, 0.2) is 12.4 Å². The summed E-state index contributed by atoms with van der Waals surface area (Å²) < 4.78 is 5.46. The molecule has 1 aromatic rings. The van der Waals surface area contributed by atoms with Gasteiger partial charge in [0.15, 0.2) is 0 Å². The molecular weight excluding hydrogens is 366 g/mol. The van der Waals surface area contributed by atoms with Gasteiger partial charge in [0, 0.05) is 32.2 Å². The van der Waals surface area contributed by atoms with E-state index in [-0.39, 0.29) is 6.09 Å². The quantitative estimate of drug-likeness (QED) is 0.814. The average Bonchev–Trinajstić information content (AvgIpc) is 2.68. The van der Waals surface area contributed by atoms with Gasteiger partial charge in [-0.05, 0) is 58.3 Å². The van der Waals surface area contributed by atoms with Gasteiger partial charge in [-0.15, -0.1) is 0 Å². The summed E-state index contributed by atoms with van der Waals surface area (Å²) in [4.78, 5) is 25.4. The van der Waals surface area contributed by atoms with Crippen LogP contribution in [-0.4, -0.2) is 58.8 Å². The van der Waals surface area contributed by atoms with Crippen LogP contribution in [0, 0.1) is 11.8 Å². The first-order chi connectivity index (χ1) is 13.7. The minimum Gasteiger partial charge on any atom is -0.444 e. The Kier molecular flexibility index (Phi) is 6.85. The van der Waals surface area contributed by atoms with Crippen LogP contribution in [0.3, 0.4) is 0 Å². The van der Waals surface area contributed by atoms with Gasteiger partial charge in [-0.2, -0.15) is 0 Å². The number of rotatable bonds is 4. The summed E-state index contributed by atoms with van der Waals surface area (Å²) in [5.74, 6) is 2.41.